The first-order chi connectivity index (χ1) is 12.2. The van der Waals surface area contributed by atoms with Crippen molar-refractivity contribution in [2.24, 2.45) is 5.92 Å². The maximum atomic E-state index is 12.1. The van der Waals surface area contributed by atoms with Gasteiger partial charge in [0.2, 0.25) is 5.78 Å². The number of nitrogens with zero attached hydrogens (tertiary/aromatic N) is 2. The van der Waals surface area contributed by atoms with Crippen LogP contribution in [0.3, 0.4) is 0 Å². The van der Waals surface area contributed by atoms with E-state index in [1.54, 1.807) is 18.4 Å². The summed E-state index contributed by atoms with van der Waals surface area (Å²) in [6.07, 6.45) is 3.18. The Kier molecular flexibility index (Phi) is 6.14. The summed E-state index contributed by atoms with van der Waals surface area (Å²) >= 11 is 0. The van der Waals surface area contributed by atoms with Gasteiger partial charge in [-0.3, -0.25) is 14.6 Å². The van der Waals surface area contributed by atoms with E-state index in [2.05, 4.69) is 15.9 Å². The molecule has 1 fully saturated rings. The van der Waals surface area contributed by atoms with E-state index >= 15 is 0 Å². The fourth-order valence-electron chi connectivity index (χ4n) is 3.97. The lowest BCUT2D eigenvalue weighted by atomic mass is 9.96. The minimum absolute atomic E-state index is 0. The van der Waals surface area contributed by atoms with E-state index in [4.69, 9.17) is 4.42 Å². The van der Waals surface area contributed by atoms with E-state index in [9.17, 15) is 9.90 Å². The molecule has 26 heavy (non-hydrogen) atoms. The third-order valence-electron chi connectivity index (χ3n) is 5.42. The summed E-state index contributed by atoms with van der Waals surface area (Å²) in [6.45, 7) is 4.02. The predicted molar refractivity (Wildman–Crippen MR) is 101 cm³/mol. The molecule has 0 spiro atoms. The van der Waals surface area contributed by atoms with Crippen LogP contribution in [0.1, 0.15) is 40.8 Å². The number of Topliss-reactive ketones (excluding diaryl/α,β-unsaturated/α-hetero) is 1. The maximum Gasteiger partial charge on any atom is 0.211 e. The van der Waals surface area contributed by atoms with Gasteiger partial charge in [0, 0.05) is 13.1 Å². The second-order valence-corrected chi connectivity index (χ2v) is 7.12. The summed E-state index contributed by atoms with van der Waals surface area (Å²) in [5, 5.41) is 10.5. The van der Waals surface area contributed by atoms with E-state index in [0.29, 0.717) is 18.2 Å². The van der Waals surface area contributed by atoms with Crippen molar-refractivity contribution >= 4 is 18.2 Å². The number of likely N-dealkylation sites (tertiary alicyclic amines) is 1. The number of rotatable bonds is 5. The van der Waals surface area contributed by atoms with Gasteiger partial charge in [-0.15, -0.1) is 12.4 Å². The van der Waals surface area contributed by atoms with Gasteiger partial charge in [-0.1, -0.05) is 24.3 Å². The molecule has 0 radical (unpaired) electrons. The van der Waals surface area contributed by atoms with Gasteiger partial charge in [-0.25, -0.2) is 0 Å². The highest BCUT2D eigenvalue weighted by atomic mass is 35.5. The molecule has 0 amide bonds. The van der Waals surface area contributed by atoms with E-state index in [1.165, 1.54) is 5.56 Å². The summed E-state index contributed by atoms with van der Waals surface area (Å²) in [5.74, 6) is 1.06. The number of furan rings is 1. The average molecular weight is 377 g/mol. The van der Waals surface area contributed by atoms with E-state index in [1.807, 2.05) is 18.2 Å². The monoisotopic (exact) mass is 376 g/mol. The van der Waals surface area contributed by atoms with Crippen molar-refractivity contribution in [1.82, 2.24) is 9.80 Å². The first kappa shape index (κ1) is 19.1. The van der Waals surface area contributed by atoms with Crippen molar-refractivity contribution < 1.29 is 14.3 Å². The van der Waals surface area contributed by atoms with Gasteiger partial charge in [-0.2, -0.15) is 0 Å². The number of carbonyl (C=O) groups is 1. The third-order valence-corrected chi connectivity index (χ3v) is 5.42. The Hall–Kier alpha value is -1.66. The van der Waals surface area contributed by atoms with Crippen molar-refractivity contribution in [3.05, 3.63) is 59.5 Å². The number of halogens is 1. The standard InChI is InChI=1S/C20H24N2O3.ClH/c23-18(19-6-3-11-25-19)14-21-9-7-15(8-10-21)12-22-13-16-4-1-2-5-17(16)20(22)24;/h1-6,11,15,20,24H,7-10,12-14H2;1H. The zero-order valence-corrected chi connectivity index (χ0v) is 15.5. The van der Waals surface area contributed by atoms with Crippen LogP contribution in [0, 0.1) is 5.92 Å². The molecule has 0 saturated carbocycles. The summed E-state index contributed by atoms with van der Waals surface area (Å²) < 4.78 is 5.18. The Bertz CT molecular complexity index is 726. The molecule has 0 aliphatic carbocycles. The molecular formula is C20H25ClN2O3. The van der Waals surface area contributed by atoms with Crippen molar-refractivity contribution in [1.29, 1.82) is 0 Å². The second-order valence-electron chi connectivity index (χ2n) is 7.12. The van der Waals surface area contributed by atoms with E-state index < -0.39 is 6.23 Å². The molecule has 1 unspecified atom stereocenters. The highest BCUT2D eigenvalue weighted by Crippen LogP contribution is 2.33. The summed E-state index contributed by atoms with van der Waals surface area (Å²) in [5.41, 5.74) is 2.28. The molecule has 1 N–H and O–H groups in total. The van der Waals surface area contributed by atoms with Crippen molar-refractivity contribution in [2.45, 2.75) is 25.6 Å². The minimum atomic E-state index is -0.477. The fraction of sp³-hybridized carbons (Fsp3) is 0.450. The number of benzene rings is 1. The molecule has 0 bridgehead atoms. The lowest BCUT2D eigenvalue weighted by Gasteiger charge is -2.34. The normalized spacial score (nSPS) is 21.3. The molecular weight excluding hydrogens is 352 g/mol. The lowest BCUT2D eigenvalue weighted by Crippen LogP contribution is -2.40. The van der Waals surface area contributed by atoms with Crippen molar-refractivity contribution in [2.75, 3.05) is 26.2 Å². The summed E-state index contributed by atoms with van der Waals surface area (Å²) in [6, 6.07) is 11.6. The molecule has 1 atom stereocenters. The van der Waals surface area contributed by atoms with Gasteiger partial charge in [-0.05, 0) is 55.1 Å². The highest BCUT2D eigenvalue weighted by molar-refractivity contribution is 5.94. The quantitative estimate of drug-likeness (QED) is 0.812. The number of hydrogen-bond acceptors (Lipinski definition) is 5. The number of aliphatic hydroxyl groups is 1. The SMILES string of the molecule is Cl.O=C(CN1CCC(CN2Cc3ccccc3C2O)CC1)c1ccco1. The fourth-order valence-corrected chi connectivity index (χ4v) is 3.97. The minimum Gasteiger partial charge on any atom is -0.461 e. The first-order valence-electron chi connectivity index (χ1n) is 8.99. The number of aliphatic hydroxyl groups excluding tert-OH is 1. The Morgan fingerprint density at radius 3 is 2.62 bits per heavy atom. The zero-order valence-electron chi connectivity index (χ0n) is 14.7. The molecule has 2 aliphatic rings. The van der Waals surface area contributed by atoms with Gasteiger partial charge in [0.05, 0.1) is 12.8 Å². The van der Waals surface area contributed by atoms with Crippen LogP contribution >= 0.6 is 12.4 Å². The van der Waals surface area contributed by atoms with Crippen LogP contribution < -0.4 is 0 Å². The number of piperidine rings is 1. The molecule has 1 saturated heterocycles. The predicted octanol–water partition coefficient (Wildman–Crippen LogP) is 3.10. The summed E-state index contributed by atoms with van der Waals surface area (Å²) in [4.78, 5) is 16.5. The number of fused-ring (bicyclic) bond motifs is 1. The molecule has 6 heteroatoms. The first-order valence-corrected chi connectivity index (χ1v) is 8.99. The van der Waals surface area contributed by atoms with Gasteiger partial charge < -0.3 is 9.52 Å². The molecule has 2 aromatic rings. The third kappa shape index (κ3) is 4.01. The number of hydrogen-bond donors (Lipinski definition) is 1. The molecule has 140 valence electrons. The summed E-state index contributed by atoms with van der Waals surface area (Å²) in [7, 11) is 0. The highest BCUT2D eigenvalue weighted by Gasteiger charge is 2.31. The van der Waals surface area contributed by atoms with Crippen LogP contribution in [0.15, 0.2) is 47.1 Å². The average Bonchev–Trinajstić information content (AvgIpc) is 3.26. The molecule has 5 nitrogen and oxygen atoms in total. The van der Waals surface area contributed by atoms with Crippen LogP contribution in [0.4, 0.5) is 0 Å². The van der Waals surface area contributed by atoms with Gasteiger partial charge in [0.15, 0.2) is 5.76 Å². The van der Waals surface area contributed by atoms with Crippen LogP contribution in [0.25, 0.3) is 0 Å². The largest absolute Gasteiger partial charge is 0.461 e. The van der Waals surface area contributed by atoms with E-state index in [-0.39, 0.29) is 18.2 Å². The Balaban J connectivity index is 0.00000196. The Labute approximate surface area is 160 Å². The van der Waals surface area contributed by atoms with Crippen molar-refractivity contribution in [3.8, 4) is 0 Å². The van der Waals surface area contributed by atoms with Crippen LogP contribution in [-0.4, -0.2) is 46.9 Å². The topological polar surface area (TPSA) is 56.9 Å². The Morgan fingerprint density at radius 1 is 1.15 bits per heavy atom. The van der Waals surface area contributed by atoms with E-state index in [0.717, 1.165) is 44.6 Å². The van der Waals surface area contributed by atoms with Gasteiger partial charge in [0.25, 0.3) is 0 Å². The van der Waals surface area contributed by atoms with Crippen LogP contribution in [-0.2, 0) is 6.54 Å². The maximum absolute atomic E-state index is 12.1. The van der Waals surface area contributed by atoms with Crippen molar-refractivity contribution in [3.63, 3.8) is 0 Å². The van der Waals surface area contributed by atoms with Gasteiger partial charge >= 0.3 is 0 Å². The number of ketones is 1. The molecule has 1 aromatic heterocycles. The second kappa shape index (κ2) is 8.35. The lowest BCUT2D eigenvalue weighted by molar-refractivity contribution is -0.00355. The van der Waals surface area contributed by atoms with Gasteiger partial charge in [0.1, 0.15) is 6.23 Å². The van der Waals surface area contributed by atoms with Crippen LogP contribution in [0.5, 0.6) is 0 Å². The van der Waals surface area contributed by atoms with Crippen LogP contribution in [0.2, 0.25) is 0 Å². The smallest absolute Gasteiger partial charge is 0.211 e. The zero-order chi connectivity index (χ0) is 17.2. The Morgan fingerprint density at radius 2 is 1.92 bits per heavy atom. The molecule has 3 heterocycles. The molecule has 4 rings (SSSR count). The molecule has 1 aromatic carbocycles. The molecule has 2 aliphatic heterocycles. The number of carbonyl (C=O) groups excluding carboxylic acids is 1.